The van der Waals surface area contributed by atoms with Crippen LogP contribution in [0.15, 0.2) is 13.2 Å². The Hall–Kier alpha value is 1.00. The van der Waals surface area contributed by atoms with E-state index in [4.69, 9.17) is 5.26 Å². The molecular formula is C2N2Na2O3S2. The van der Waals surface area contributed by atoms with Crippen molar-refractivity contribution in [2.24, 2.45) is 0 Å². The van der Waals surface area contributed by atoms with Gasteiger partial charge in [-0.3, -0.25) is 4.52 Å². The van der Waals surface area contributed by atoms with Crippen LogP contribution in [0.2, 0.25) is 0 Å². The minimum atomic E-state index is -0.875. The standard InChI is InChI=1S/C2N2O3S2.2Na/c3-1-4-6-2(5)7-9-8-4;;. The van der Waals surface area contributed by atoms with Crippen molar-refractivity contribution >= 4 is 80.3 Å². The van der Waals surface area contributed by atoms with Gasteiger partial charge >= 0.3 is 5.82 Å². The number of nitriles is 1. The summed E-state index contributed by atoms with van der Waals surface area (Å²) < 4.78 is 9.17. The molecule has 0 aliphatic carbocycles. The molecule has 1 heterocycles. The van der Waals surface area contributed by atoms with E-state index in [-0.39, 0.29) is 59.1 Å². The van der Waals surface area contributed by atoms with E-state index in [0.29, 0.717) is 0 Å². The summed E-state index contributed by atoms with van der Waals surface area (Å²) in [7, 11) is 1.67. The minimum absolute atomic E-state index is 0. The molecule has 1 aromatic rings. The Morgan fingerprint density at radius 2 is 2.18 bits per heavy atom. The first-order chi connectivity index (χ1) is 4.33. The second kappa shape index (κ2) is 7.64. The van der Waals surface area contributed by atoms with E-state index >= 15 is 0 Å². The van der Waals surface area contributed by atoms with Gasteiger partial charge in [-0.1, -0.05) is 0 Å². The monoisotopic (exact) mass is 210 g/mol. The Morgan fingerprint density at radius 1 is 1.55 bits per heavy atom. The molecule has 1 rings (SSSR count). The Bertz CT molecular complexity index is 309. The number of hydrogen-bond donors (Lipinski definition) is 0. The maximum atomic E-state index is 10.2. The molecule has 0 spiro atoms. The largest absolute Gasteiger partial charge is 0.553 e. The summed E-state index contributed by atoms with van der Waals surface area (Å²) in [6.45, 7) is 0. The van der Waals surface area contributed by atoms with Crippen molar-refractivity contribution in [3.05, 3.63) is 10.6 Å². The number of hydrogen-bond acceptors (Lipinski definition) is 6. The topological polar surface area (TPSA) is 72.1 Å². The van der Waals surface area contributed by atoms with Crippen molar-refractivity contribution in [1.82, 2.24) is 4.13 Å². The molecule has 50 valence electrons. The van der Waals surface area contributed by atoms with Crippen molar-refractivity contribution in [3.8, 4) is 6.19 Å². The third-order valence-corrected chi connectivity index (χ3v) is 1.79. The van der Waals surface area contributed by atoms with Crippen LogP contribution in [0, 0.1) is 11.5 Å². The smallest absolute Gasteiger partial charge is 0.319 e. The van der Waals surface area contributed by atoms with Crippen molar-refractivity contribution in [1.29, 1.82) is 5.26 Å². The molecule has 11 heavy (non-hydrogen) atoms. The Balaban J connectivity index is 0. The van der Waals surface area contributed by atoms with Gasteiger partial charge in [0.15, 0.2) is 0 Å². The van der Waals surface area contributed by atoms with Crippen molar-refractivity contribution < 1.29 is 8.37 Å². The van der Waals surface area contributed by atoms with Gasteiger partial charge in [-0.2, -0.15) is 10.1 Å². The number of rotatable bonds is 0. The zero-order valence-electron chi connectivity index (χ0n) is 5.94. The molecule has 1 aromatic heterocycles. The molecular weight excluding hydrogens is 210 g/mol. The maximum Gasteiger partial charge on any atom is 0.553 e. The number of aromatic nitrogens is 1. The van der Waals surface area contributed by atoms with Crippen LogP contribution in [0.4, 0.5) is 0 Å². The van der Waals surface area contributed by atoms with Crippen LogP contribution >= 0.6 is 21.2 Å². The Labute approximate surface area is 113 Å². The molecule has 0 amide bonds. The van der Waals surface area contributed by atoms with Gasteiger partial charge in [0.2, 0.25) is 6.19 Å². The quantitative estimate of drug-likeness (QED) is 0.441. The predicted molar refractivity (Wildman–Crippen MR) is 41.1 cm³/mol. The predicted octanol–water partition coefficient (Wildman–Crippen LogP) is -0.151. The van der Waals surface area contributed by atoms with Crippen LogP contribution in [0.3, 0.4) is 0 Å². The third-order valence-electron chi connectivity index (χ3n) is 0.439. The molecule has 0 unspecified atom stereocenters. The summed E-state index contributed by atoms with van der Waals surface area (Å²) in [5.41, 5.74) is 0. The molecule has 0 atom stereocenters. The molecule has 0 bridgehead atoms. The van der Waals surface area contributed by atoms with E-state index in [0.717, 1.165) is 25.3 Å². The normalized spacial score (nSPS) is 6.82. The van der Waals surface area contributed by atoms with Crippen LogP contribution in [0.25, 0.3) is 0 Å². The first-order valence-corrected chi connectivity index (χ1v) is 3.79. The summed E-state index contributed by atoms with van der Waals surface area (Å²) in [6.07, 6.45) is 1.59. The van der Waals surface area contributed by atoms with Gasteiger partial charge < -0.3 is 3.85 Å². The second-order valence-corrected chi connectivity index (χ2v) is 2.56. The first-order valence-electron chi connectivity index (χ1n) is 1.76. The van der Waals surface area contributed by atoms with Gasteiger partial charge in [-0.25, -0.2) is 0 Å². The molecule has 5 nitrogen and oxygen atoms in total. The number of nitrogens with zero attached hydrogens (tertiary/aromatic N) is 2. The zero-order valence-corrected chi connectivity index (χ0v) is 11.6. The van der Waals surface area contributed by atoms with Crippen LogP contribution in [-0.4, -0.2) is 63.2 Å². The van der Waals surface area contributed by atoms with E-state index in [9.17, 15) is 4.79 Å². The average molecular weight is 210 g/mol. The van der Waals surface area contributed by atoms with Crippen molar-refractivity contribution in [2.45, 2.75) is 0 Å². The molecule has 9 heteroatoms. The average Bonchev–Trinajstić information content (AvgIpc) is 1.88. The van der Waals surface area contributed by atoms with Crippen LogP contribution in [0.5, 0.6) is 0 Å². The van der Waals surface area contributed by atoms with E-state index in [1.54, 1.807) is 6.19 Å². The molecule has 0 aliphatic rings. The molecule has 0 aromatic carbocycles. The van der Waals surface area contributed by atoms with Gasteiger partial charge in [0.05, 0.1) is 10.5 Å². The summed E-state index contributed by atoms with van der Waals surface area (Å²) in [5.74, 6) is -0.875. The van der Waals surface area contributed by atoms with Gasteiger partial charge in [0, 0.05) is 59.1 Å². The summed E-state index contributed by atoms with van der Waals surface area (Å²) >= 11 is 0. The first kappa shape index (κ1) is 14.5. The second-order valence-electron chi connectivity index (χ2n) is 0.924. The van der Waals surface area contributed by atoms with Crippen molar-refractivity contribution in [2.75, 3.05) is 0 Å². The SMILES string of the molecule is N#Cn1oc(=O)oss1.[Na].[Na]. The van der Waals surface area contributed by atoms with Gasteiger partial charge in [-0.15, -0.1) is 0 Å². The third kappa shape index (κ3) is 5.27. The fourth-order valence-electron chi connectivity index (χ4n) is 0.206. The summed E-state index contributed by atoms with van der Waals surface area (Å²) in [4.78, 5) is 10.2. The van der Waals surface area contributed by atoms with E-state index in [2.05, 4.69) is 8.37 Å². The summed E-state index contributed by atoms with van der Waals surface area (Å²) in [6, 6.07) is 0. The Kier molecular flexibility index (Phi) is 10.1. The molecule has 0 N–H and O–H groups in total. The zero-order chi connectivity index (χ0) is 6.69. The van der Waals surface area contributed by atoms with Crippen LogP contribution < -0.4 is 5.82 Å². The maximum absolute atomic E-state index is 10.2. The minimum Gasteiger partial charge on any atom is -0.319 e. The summed E-state index contributed by atoms with van der Waals surface area (Å²) in [5, 5.41) is 8.12. The molecule has 0 saturated carbocycles. The Morgan fingerprint density at radius 3 is 2.55 bits per heavy atom. The van der Waals surface area contributed by atoms with E-state index in [1.807, 2.05) is 0 Å². The van der Waals surface area contributed by atoms with Gasteiger partial charge in [-0.05, 0) is 4.13 Å². The van der Waals surface area contributed by atoms with Crippen LogP contribution in [0.1, 0.15) is 0 Å². The molecule has 0 saturated heterocycles. The van der Waals surface area contributed by atoms with Crippen molar-refractivity contribution in [3.63, 3.8) is 0 Å². The fraction of sp³-hybridized carbons (Fsp3) is 0. The molecule has 0 aliphatic heterocycles. The van der Waals surface area contributed by atoms with Gasteiger partial charge in [0.1, 0.15) is 10.6 Å². The molecule has 0 fully saturated rings. The van der Waals surface area contributed by atoms with E-state index in [1.165, 1.54) is 0 Å². The molecule has 2 radical (unpaired) electrons. The van der Waals surface area contributed by atoms with Crippen LogP contribution in [-0.2, 0) is 0 Å². The van der Waals surface area contributed by atoms with E-state index < -0.39 is 5.82 Å². The fourth-order valence-corrected chi connectivity index (χ4v) is 1.12. The van der Waals surface area contributed by atoms with Gasteiger partial charge in [0.25, 0.3) is 0 Å².